The van der Waals surface area contributed by atoms with E-state index >= 15 is 0 Å². The SMILES string of the molecule is CCn1cnc(S(=O)(=O)NCCn2cc(N)cn2)c1. The first-order chi connectivity index (χ1) is 9.01. The molecule has 0 aromatic carbocycles. The molecule has 9 heteroatoms. The van der Waals surface area contributed by atoms with Gasteiger partial charge >= 0.3 is 0 Å². The molecule has 0 radical (unpaired) electrons. The molecule has 0 saturated carbocycles. The van der Waals surface area contributed by atoms with E-state index in [1.165, 1.54) is 18.7 Å². The van der Waals surface area contributed by atoms with Gasteiger partial charge in [-0.1, -0.05) is 0 Å². The molecular formula is C10H16N6O2S. The van der Waals surface area contributed by atoms with E-state index in [0.717, 1.165) is 0 Å². The molecule has 2 aromatic heterocycles. The van der Waals surface area contributed by atoms with Crippen molar-refractivity contribution in [1.82, 2.24) is 24.1 Å². The standard InChI is InChI=1S/C10H16N6O2S/c1-2-15-7-10(12-8-15)19(17,18)14-3-4-16-6-9(11)5-13-16/h5-8,14H,2-4,11H2,1H3. The van der Waals surface area contributed by atoms with Crippen LogP contribution < -0.4 is 10.5 Å². The molecule has 2 rings (SSSR count). The summed E-state index contributed by atoms with van der Waals surface area (Å²) >= 11 is 0. The monoisotopic (exact) mass is 284 g/mol. The minimum Gasteiger partial charge on any atom is -0.396 e. The summed E-state index contributed by atoms with van der Waals surface area (Å²) in [4.78, 5) is 3.86. The lowest BCUT2D eigenvalue weighted by Gasteiger charge is -2.04. The smallest absolute Gasteiger partial charge is 0.259 e. The minimum absolute atomic E-state index is 0.0225. The van der Waals surface area contributed by atoms with Crippen molar-refractivity contribution < 1.29 is 8.42 Å². The van der Waals surface area contributed by atoms with Gasteiger partial charge in [0.2, 0.25) is 0 Å². The van der Waals surface area contributed by atoms with Gasteiger partial charge in [-0.25, -0.2) is 18.1 Å². The predicted octanol–water partition coefficient (Wildman–Crippen LogP) is -0.340. The zero-order valence-corrected chi connectivity index (χ0v) is 11.3. The first kappa shape index (κ1) is 13.6. The van der Waals surface area contributed by atoms with Crippen LogP contribution in [0.1, 0.15) is 6.92 Å². The van der Waals surface area contributed by atoms with E-state index in [0.29, 0.717) is 18.8 Å². The van der Waals surface area contributed by atoms with E-state index in [-0.39, 0.29) is 11.6 Å². The Morgan fingerprint density at radius 2 is 2.21 bits per heavy atom. The Bertz CT molecular complexity index is 645. The Labute approximate surface area is 111 Å². The van der Waals surface area contributed by atoms with Crippen LogP contribution in [0.15, 0.2) is 29.9 Å². The van der Waals surface area contributed by atoms with E-state index in [4.69, 9.17) is 5.73 Å². The molecule has 0 saturated heterocycles. The van der Waals surface area contributed by atoms with E-state index in [1.807, 2.05) is 6.92 Å². The highest BCUT2D eigenvalue weighted by Crippen LogP contribution is 2.04. The number of hydrogen-bond donors (Lipinski definition) is 2. The van der Waals surface area contributed by atoms with Crippen molar-refractivity contribution in [2.24, 2.45) is 0 Å². The summed E-state index contributed by atoms with van der Waals surface area (Å²) in [6.45, 7) is 3.22. The molecule has 3 N–H and O–H groups in total. The molecule has 2 aromatic rings. The van der Waals surface area contributed by atoms with Gasteiger partial charge in [0.1, 0.15) is 0 Å². The predicted molar refractivity (Wildman–Crippen MR) is 69.7 cm³/mol. The second-order valence-corrected chi connectivity index (χ2v) is 5.69. The van der Waals surface area contributed by atoms with Gasteiger partial charge in [-0.05, 0) is 6.92 Å². The molecule has 0 aliphatic carbocycles. The number of sulfonamides is 1. The van der Waals surface area contributed by atoms with E-state index in [2.05, 4.69) is 14.8 Å². The van der Waals surface area contributed by atoms with Gasteiger partial charge in [0.15, 0.2) is 5.03 Å². The van der Waals surface area contributed by atoms with Crippen LogP contribution >= 0.6 is 0 Å². The molecule has 0 aliphatic rings. The molecule has 104 valence electrons. The normalized spacial score (nSPS) is 11.8. The highest BCUT2D eigenvalue weighted by molar-refractivity contribution is 7.89. The molecule has 0 amide bonds. The van der Waals surface area contributed by atoms with Crippen LogP contribution in [0.5, 0.6) is 0 Å². The maximum absolute atomic E-state index is 11.9. The van der Waals surface area contributed by atoms with Gasteiger partial charge < -0.3 is 10.3 Å². The third-order valence-electron chi connectivity index (χ3n) is 2.54. The molecule has 2 heterocycles. The molecule has 0 bridgehead atoms. The van der Waals surface area contributed by atoms with Crippen molar-refractivity contribution in [3.8, 4) is 0 Å². The molecule has 0 spiro atoms. The maximum Gasteiger partial charge on any atom is 0.259 e. The van der Waals surface area contributed by atoms with Crippen molar-refractivity contribution in [3.05, 3.63) is 24.9 Å². The van der Waals surface area contributed by atoms with E-state index < -0.39 is 10.0 Å². The summed E-state index contributed by atoms with van der Waals surface area (Å²) in [5.74, 6) is 0. The van der Waals surface area contributed by atoms with Crippen LogP contribution in [-0.2, 0) is 23.1 Å². The van der Waals surface area contributed by atoms with Crippen LogP contribution in [0.3, 0.4) is 0 Å². The number of hydrogen-bond acceptors (Lipinski definition) is 5. The van der Waals surface area contributed by atoms with Gasteiger partial charge in [-0.2, -0.15) is 5.10 Å². The van der Waals surface area contributed by atoms with Crippen molar-refractivity contribution in [2.45, 2.75) is 25.0 Å². The van der Waals surface area contributed by atoms with Crippen molar-refractivity contribution >= 4 is 15.7 Å². The molecule has 19 heavy (non-hydrogen) atoms. The molecule has 0 fully saturated rings. The Balaban J connectivity index is 1.94. The fourth-order valence-electron chi connectivity index (χ4n) is 1.52. The average Bonchev–Trinajstić information content (AvgIpc) is 2.98. The Morgan fingerprint density at radius 1 is 1.42 bits per heavy atom. The van der Waals surface area contributed by atoms with Crippen LogP contribution in [0.25, 0.3) is 0 Å². The largest absolute Gasteiger partial charge is 0.396 e. The number of nitrogens with one attached hydrogen (secondary N) is 1. The van der Waals surface area contributed by atoms with Gasteiger partial charge in [-0.15, -0.1) is 0 Å². The number of aromatic nitrogens is 4. The lowest BCUT2D eigenvalue weighted by Crippen LogP contribution is -2.27. The summed E-state index contributed by atoms with van der Waals surface area (Å²) in [6, 6.07) is 0. The third-order valence-corrected chi connectivity index (χ3v) is 3.88. The van der Waals surface area contributed by atoms with E-state index in [1.54, 1.807) is 15.4 Å². The first-order valence-electron chi connectivity index (χ1n) is 5.80. The number of aryl methyl sites for hydroxylation is 1. The maximum atomic E-state index is 11.9. The van der Waals surface area contributed by atoms with E-state index in [9.17, 15) is 8.42 Å². The fraction of sp³-hybridized carbons (Fsp3) is 0.400. The number of nitrogens with zero attached hydrogens (tertiary/aromatic N) is 4. The molecule has 0 aliphatic heterocycles. The summed E-state index contributed by atoms with van der Waals surface area (Å²) in [5, 5.41) is 3.99. The van der Waals surface area contributed by atoms with Gasteiger partial charge in [0, 0.05) is 25.5 Å². The van der Waals surface area contributed by atoms with Crippen molar-refractivity contribution in [1.29, 1.82) is 0 Å². The van der Waals surface area contributed by atoms with Crippen LogP contribution in [0.2, 0.25) is 0 Å². The second kappa shape index (κ2) is 5.41. The summed E-state index contributed by atoms with van der Waals surface area (Å²) in [6.07, 6.45) is 6.13. The van der Waals surface area contributed by atoms with Crippen LogP contribution in [0.4, 0.5) is 5.69 Å². The van der Waals surface area contributed by atoms with Gasteiger partial charge in [-0.3, -0.25) is 4.68 Å². The number of anilines is 1. The number of nitrogen functional groups attached to an aromatic ring is 1. The highest BCUT2D eigenvalue weighted by Gasteiger charge is 2.16. The fourth-order valence-corrected chi connectivity index (χ4v) is 2.49. The van der Waals surface area contributed by atoms with Gasteiger partial charge in [0.05, 0.1) is 24.8 Å². The van der Waals surface area contributed by atoms with Crippen LogP contribution in [0, 0.1) is 0 Å². The van der Waals surface area contributed by atoms with Crippen LogP contribution in [-0.4, -0.2) is 34.3 Å². The molecule has 0 atom stereocenters. The lowest BCUT2D eigenvalue weighted by molar-refractivity contribution is 0.558. The summed E-state index contributed by atoms with van der Waals surface area (Å²) in [5.41, 5.74) is 6.06. The third kappa shape index (κ3) is 3.32. The Kier molecular flexibility index (Phi) is 3.86. The number of nitrogens with two attached hydrogens (primary N) is 1. The Morgan fingerprint density at radius 3 is 2.79 bits per heavy atom. The zero-order chi connectivity index (χ0) is 13.9. The molecule has 0 unspecified atom stereocenters. The van der Waals surface area contributed by atoms with Crippen molar-refractivity contribution in [2.75, 3.05) is 12.3 Å². The Hall–Kier alpha value is -1.87. The average molecular weight is 284 g/mol. The molecule has 8 nitrogen and oxygen atoms in total. The van der Waals surface area contributed by atoms with Crippen molar-refractivity contribution in [3.63, 3.8) is 0 Å². The summed E-state index contributed by atoms with van der Waals surface area (Å²) in [7, 11) is -3.57. The number of imidazole rings is 1. The lowest BCUT2D eigenvalue weighted by atomic mass is 10.6. The topological polar surface area (TPSA) is 108 Å². The first-order valence-corrected chi connectivity index (χ1v) is 7.29. The van der Waals surface area contributed by atoms with Gasteiger partial charge in [0.25, 0.3) is 10.0 Å². The summed E-state index contributed by atoms with van der Waals surface area (Å²) < 4.78 is 29.6. The zero-order valence-electron chi connectivity index (χ0n) is 10.5. The quantitative estimate of drug-likeness (QED) is 0.754. The highest BCUT2D eigenvalue weighted by atomic mass is 32.2. The molecular weight excluding hydrogens is 268 g/mol. The minimum atomic E-state index is -3.57. The number of rotatable bonds is 6. The second-order valence-electron chi connectivity index (χ2n) is 3.98.